The first kappa shape index (κ1) is 21.5. The largest absolute Gasteiger partial charge is 0.417 e. The molecule has 0 unspecified atom stereocenters. The monoisotopic (exact) mass is 494 g/mol. The summed E-state index contributed by atoms with van der Waals surface area (Å²) in [5.41, 5.74) is 7.63. The quantitative estimate of drug-likeness (QED) is 0.213. The molecule has 0 fully saturated rings. The molecule has 0 heterocycles. The van der Waals surface area contributed by atoms with Crippen LogP contribution in [0.5, 0.6) is 0 Å². The summed E-state index contributed by atoms with van der Waals surface area (Å²) < 4.78 is 43.0. The second-order valence-electron chi connectivity index (χ2n) is 9.30. The van der Waals surface area contributed by atoms with Gasteiger partial charge in [0.05, 0.1) is 11.0 Å². The zero-order valence-corrected chi connectivity index (χ0v) is 19.7. The average Bonchev–Trinajstić information content (AvgIpc) is 3.36. The van der Waals surface area contributed by atoms with Crippen molar-refractivity contribution in [3.05, 3.63) is 142 Å². The van der Waals surface area contributed by atoms with E-state index in [-0.39, 0.29) is 10.6 Å². The highest BCUT2D eigenvalue weighted by Crippen LogP contribution is 2.64. The average molecular weight is 495 g/mol. The predicted octanol–water partition coefficient (Wildman–Crippen LogP) is 9.37. The van der Waals surface area contributed by atoms with Crippen LogP contribution in [0.15, 0.2) is 109 Å². The van der Waals surface area contributed by atoms with Gasteiger partial charge in [-0.15, -0.1) is 0 Å². The van der Waals surface area contributed by atoms with Gasteiger partial charge in [0.1, 0.15) is 0 Å². The Bertz CT molecular complexity index is 1630. The Morgan fingerprint density at radius 3 is 1.47 bits per heavy atom. The summed E-state index contributed by atoms with van der Waals surface area (Å²) in [6.07, 6.45) is -4.55. The standard InChI is InChI=1S/C32H18ClF3/c33-19-16-17-23(29(18-19)32(34,35)36)25-12-7-11-24-22-10-3-6-15-28(22)31(30(24)25)26-13-4-1-8-20(26)21-9-2-5-14-27(21)31/h1-18H. The topological polar surface area (TPSA) is 0 Å². The van der Waals surface area contributed by atoms with E-state index >= 15 is 0 Å². The van der Waals surface area contributed by atoms with E-state index in [0.717, 1.165) is 50.6 Å². The second kappa shape index (κ2) is 7.35. The fourth-order valence-corrected chi connectivity index (χ4v) is 6.54. The van der Waals surface area contributed by atoms with Gasteiger partial charge in [-0.25, -0.2) is 0 Å². The van der Waals surface area contributed by atoms with E-state index in [1.165, 1.54) is 12.1 Å². The third-order valence-electron chi connectivity index (χ3n) is 7.59. The molecule has 1 spiro atoms. The van der Waals surface area contributed by atoms with Crippen LogP contribution in [-0.2, 0) is 11.6 Å². The number of benzene rings is 5. The van der Waals surface area contributed by atoms with Crippen molar-refractivity contribution < 1.29 is 13.2 Å². The Kier molecular flexibility index (Phi) is 4.38. The van der Waals surface area contributed by atoms with Crippen molar-refractivity contribution in [2.45, 2.75) is 11.6 Å². The van der Waals surface area contributed by atoms with E-state index in [4.69, 9.17) is 11.6 Å². The summed E-state index contributed by atoms with van der Waals surface area (Å²) in [6.45, 7) is 0. The van der Waals surface area contributed by atoms with Gasteiger partial charge in [0, 0.05) is 5.02 Å². The van der Waals surface area contributed by atoms with Gasteiger partial charge < -0.3 is 0 Å². The zero-order chi connectivity index (χ0) is 24.7. The van der Waals surface area contributed by atoms with Crippen molar-refractivity contribution in [1.29, 1.82) is 0 Å². The molecule has 174 valence electrons. The Morgan fingerprint density at radius 1 is 0.500 bits per heavy atom. The summed E-state index contributed by atoms with van der Waals surface area (Å²) >= 11 is 6.06. The van der Waals surface area contributed by atoms with Crippen molar-refractivity contribution in [3.8, 4) is 33.4 Å². The molecular formula is C32H18ClF3. The molecule has 2 aliphatic rings. The van der Waals surface area contributed by atoms with Gasteiger partial charge in [0.25, 0.3) is 0 Å². The summed E-state index contributed by atoms with van der Waals surface area (Å²) in [7, 11) is 0. The molecule has 7 rings (SSSR count). The fourth-order valence-electron chi connectivity index (χ4n) is 6.37. The van der Waals surface area contributed by atoms with Crippen LogP contribution in [0.3, 0.4) is 0 Å². The predicted molar refractivity (Wildman–Crippen MR) is 138 cm³/mol. The van der Waals surface area contributed by atoms with E-state index < -0.39 is 17.2 Å². The van der Waals surface area contributed by atoms with Gasteiger partial charge >= 0.3 is 6.18 Å². The first-order valence-corrected chi connectivity index (χ1v) is 12.1. The number of fused-ring (bicyclic) bond motifs is 10. The SMILES string of the molecule is FC(F)(F)c1cc(Cl)ccc1-c1cccc2c1C1(c3ccccc3-c3ccccc31)c1ccccc1-2. The molecular weight excluding hydrogens is 477 g/mol. The molecule has 0 amide bonds. The minimum Gasteiger partial charge on any atom is -0.166 e. The summed E-state index contributed by atoms with van der Waals surface area (Å²) in [4.78, 5) is 0. The first-order chi connectivity index (χ1) is 17.4. The van der Waals surface area contributed by atoms with Crippen LogP contribution in [0.4, 0.5) is 13.2 Å². The molecule has 4 heteroatoms. The van der Waals surface area contributed by atoms with Gasteiger partial charge in [-0.05, 0) is 67.8 Å². The Labute approximate surface area is 211 Å². The van der Waals surface area contributed by atoms with Crippen LogP contribution >= 0.6 is 11.6 Å². The Hall–Kier alpha value is -3.82. The van der Waals surface area contributed by atoms with E-state index in [0.29, 0.717) is 5.56 Å². The molecule has 0 saturated heterocycles. The van der Waals surface area contributed by atoms with E-state index in [2.05, 4.69) is 36.4 Å². The van der Waals surface area contributed by atoms with Gasteiger partial charge in [0.2, 0.25) is 0 Å². The normalized spacial score (nSPS) is 14.3. The molecule has 36 heavy (non-hydrogen) atoms. The van der Waals surface area contributed by atoms with Crippen LogP contribution in [0.1, 0.15) is 27.8 Å². The summed E-state index contributed by atoms with van der Waals surface area (Å²) in [5, 5.41) is 0.0632. The van der Waals surface area contributed by atoms with Crippen molar-refractivity contribution in [3.63, 3.8) is 0 Å². The number of rotatable bonds is 1. The van der Waals surface area contributed by atoms with Crippen molar-refractivity contribution in [2.24, 2.45) is 0 Å². The molecule has 0 radical (unpaired) electrons. The summed E-state index contributed by atoms with van der Waals surface area (Å²) in [6, 6.07) is 34.5. The highest BCUT2D eigenvalue weighted by Gasteiger charge is 2.53. The molecule has 5 aromatic rings. The molecule has 0 N–H and O–H groups in total. The number of hydrogen-bond acceptors (Lipinski definition) is 0. The van der Waals surface area contributed by atoms with Gasteiger partial charge in [-0.2, -0.15) is 13.2 Å². The maximum absolute atomic E-state index is 14.3. The third-order valence-corrected chi connectivity index (χ3v) is 7.83. The molecule has 0 aromatic heterocycles. The smallest absolute Gasteiger partial charge is 0.166 e. The minimum atomic E-state index is -4.55. The Morgan fingerprint density at radius 2 is 0.944 bits per heavy atom. The van der Waals surface area contributed by atoms with E-state index in [1.54, 1.807) is 0 Å². The molecule has 0 nitrogen and oxygen atoms in total. The molecule has 2 aliphatic carbocycles. The molecule has 0 aliphatic heterocycles. The molecule has 5 aromatic carbocycles. The number of hydrogen-bond donors (Lipinski definition) is 0. The fraction of sp³-hybridized carbons (Fsp3) is 0.0625. The van der Waals surface area contributed by atoms with Crippen molar-refractivity contribution in [2.75, 3.05) is 0 Å². The van der Waals surface area contributed by atoms with Crippen molar-refractivity contribution >= 4 is 11.6 Å². The highest BCUT2D eigenvalue weighted by molar-refractivity contribution is 6.30. The lowest BCUT2D eigenvalue weighted by molar-refractivity contribution is -0.137. The van der Waals surface area contributed by atoms with Crippen LogP contribution < -0.4 is 0 Å². The second-order valence-corrected chi connectivity index (χ2v) is 9.74. The lowest BCUT2D eigenvalue weighted by Gasteiger charge is -2.32. The number of alkyl halides is 3. The molecule has 0 saturated carbocycles. The molecule has 0 atom stereocenters. The lowest BCUT2D eigenvalue weighted by atomic mass is 9.68. The van der Waals surface area contributed by atoms with Gasteiger partial charge in [-0.1, -0.05) is 109 Å². The van der Waals surface area contributed by atoms with Crippen molar-refractivity contribution in [1.82, 2.24) is 0 Å². The van der Waals surface area contributed by atoms with E-state index in [1.807, 2.05) is 54.6 Å². The maximum Gasteiger partial charge on any atom is 0.417 e. The van der Waals surface area contributed by atoms with Crippen LogP contribution in [0.2, 0.25) is 5.02 Å². The van der Waals surface area contributed by atoms with Crippen LogP contribution in [-0.4, -0.2) is 0 Å². The Balaban J connectivity index is 1.68. The minimum absolute atomic E-state index is 0.0632. The number of halogens is 4. The van der Waals surface area contributed by atoms with E-state index in [9.17, 15) is 13.2 Å². The van der Waals surface area contributed by atoms with Crippen LogP contribution in [0.25, 0.3) is 33.4 Å². The highest BCUT2D eigenvalue weighted by atomic mass is 35.5. The maximum atomic E-state index is 14.3. The lowest BCUT2D eigenvalue weighted by Crippen LogP contribution is -2.26. The van der Waals surface area contributed by atoms with Gasteiger partial charge in [-0.3, -0.25) is 0 Å². The zero-order valence-electron chi connectivity index (χ0n) is 18.9. The van der Waals surface area contributed by atoms with Crippen LogP contribution in [0, 0.1) is 0 Å². The summed E-state index contributed by atoms with van der Waals surface area (Å²) in [5.74, 6) is 0. The third kappa shape index (κ3) is 2.67. The van der Waals surface area contributed by atoms with Gasteiger partial charge in [0.15, 0.2) is 0 Å². The first-order valence-electron chi connectivity index (χ1n) is 11.7. The molecule has 0 bridgehead atoms.